The van der Waals surface area contributed by atoms with E-state index >= 15 is 0 Å². The number of anilines is 1. The molecule has 1 aromatic heterocycles. The van der Waals surface area contributed by atoms with Crippen molar-refractivity contribution < 1.29 is 9.53 Å². The Morgan fingerprint density at radius 1 is 1.85 bits per heavy atom. The highest BCUT2D eigenvalue weighted by Gasteiger charge is 2.15. The fourth-order valence-electron chi connectivity index (χ4n) is 0.936. The molecule has 72 valence electrons. The normalized spacial score (nSPS) is 9.77. The molecule has 1 rings (SSSR count). The minimum absolute atomic E-state index is 0.305. The fraction of sp³-hybridized carbons (Fsp3) is 0.429. The molecular formula is C7H12N3O2P. The van der Waals surface area contributed by atoms with Crippen LogP contribution in [0.4, 0.5) is 5.69 Å². The van der Waals surface area contributed by atoms with Crippen LogP contribution in [0, 0.1) is 0 Å². The quantitative estimate of drug-likeness (QED) is 0.583. The number of carbonyl (C=O) groups is 1. The Balaban J connectivity index is 3.03. The summed E-state index contributed by atoms with van der Waals surface area (Å²) < 4.78 is 6.24. The second-order valence-electron chi connectivity index (χ2n) is 2.38. The molecule has 0 saturated carbocycles. The van der Waals surface area contributed by atoms with E-state index in [0.717, 1.165) is 6.54 Å². The Hall–Kier alpha value is -1.09. The van der Waals surface area contributed by atoms with Crippen molar-refractivity contribution in [2.24, 2.45) is 0 Å². The van der Waals surface area contributed by atoms with Crippen molar-refractivity contribution in [2.75, 3.05) is 12.2 Å². The monoisotopic (exact) mass is 201 g/mol. The molecule has 0 aliphatic carbocycles. The maximum absolute atomic E-state index is 11.2. The molecule has 1 N–H and O–H groups in total. The summed E-state index contributed by atoms with van der Waals surface area (Å²) >= 11 is 0. The van der Waals surface area contributed by atoms with E-state index in [9.17, 15) is 4.79 Å². The number of methoxy groups -OCH3 is 1. The average molecular weight is 201 g/mol. The van der Waals surface area contributed by atoms with E-state index in [1.165, 1.54) is 7.11 Å². The van der Waals surface area contributed by atoms with E-state index in [0.29, 0.717) is 11.4 Å². The first-order valence-electron chi connectivity index (χ1n) is 3.85. The van der Waals surface area contributed by atoms with Gasteiger partial charge in [0.25, 0.3) is 0 Å². The lowest BCUT2D eigenvalue weighted by Crippen LogP contribution is -2.05. The lowest BCUT2D eigenvalue weighted by molar-refractivity contribution is 0.0594. The number of ether oxygens (including phenoxy) is 1. The first kappa shape index (κ1) is 9.99. The van der Waals surface area contributed by atoms with Crippen LogP contribution in [0.15, 0.2) is 6.20 Å². The second-order valence-corrected chi connectivity index (χ2v) is 2.67. The summed E-state index contributed by atoms with van der Waals surface area (Å²) in [5, 5.41) is 6.83. The van der Waals surface area contributed by atoms with Crippen molar-refractivity contribution in [2.45, 2.75) is 13.5 Å². The number of carbonyl (C=O) groups excluding carboxylic acids is 1. The maximum atomic E-state index is 11.2. The van der Waals surface area contributed by atoms with Gasteiger partial charge in [0, 0.05) is 12.7 Å². The lowest BCUT2D eigenvalue weighted by atomic mass is 10.4. The molecule has 1 atom stereocenters. The van der Waals surface area contributed by atoms with Gasteiger partial charge in [0.1, 0.15) is 0 Å². The molecule has 0 amide bonds. The van der Waals surface area contributed by atoms with Gasteiger partial charge in [-0.15, -0.1) is 0 Å². The number of aryl methyl sites for hydroxylation is 1. The third-order valence-corrected chi connectivity index (χ3v) is 1.93. The van der Waals surface area contributed by atoms with Gasteiger partial charge in [0.05, 0.1) is 12.8 Å². The molecule has 0 aliphatic heterocycles. The highest BCUT2D eigenvalue weighted by molar-refractivity contribution is 7.18. The van der Waals surface area contributed by atoms with E-state index in [2.05, 4.69) is 24.3 Å². The molecule has 1 aromatic rings. The molecule has 0 spiro atoms. The van der Waals surface area contributed by atoms with Gasteiger partial charge < -0.3 is 9.82 Å². The van der Waals surface area contributed by atoms with Gasteiger partial charge in [0.2, 0.25) is 0 Å². The van der Waals surface area contributed by atoms with Gasteiger partial charge in [-0.2, -0.15) is 5.10 Å². The van der Waals surface area contributed by atoms with E-state index in [1.54, 1.807) is 10.9 Å². The third-order valence-electron chi connectivity index (χ3n) is 1.62. The van der Waals surface area contributed by atoms with Gasteiger partial charge in [-0.25, -0.2) is 4.79 Å². The Kier molecular flexibility index (Phi) is 3.25. The molecular weight excluding hydrogens is 189 g/mol. The van der Waals surface area contributed by atoms with Crippen LogP contribution in [0.5, 0.6) is 0 Å². The Morgan fingerprint density at radius 3 is 3.00 bits per heavy atom. The molecule has 0 aliphatic rings. The van der Waals surface area contributed by atoms with Crippen LogP contribution in [-0.2, 0) is 11.3 Å². The summed E-state index contributed by atoms with van der Waals surface area (Å²) in [6.07, 6.45) is 1.75. The second kappa shape index (κ2) is 4.23. The molecule has 0 fully saturated rings. The smallest absolute Gasteiger partial charge is 0.360 e. The van der Waals surface area contributed by atoms with E-state index in [1.807, 2.05) is 6.92 Å². The van der Waals surface area contributed by atoms with Gasteiger partial charge >= 0.3 is 5.97 Å². The zero-order valence-electron chi connectivity index (χ0n) is 7.57. The van der Waals surface area contributed by atoms with Crippen LogP contribution in [0.3, 0.4) is 0 Å². The summed E-state index contributed by atoms with van der Waals surface area (Å²) in [5.41, 5.74) is 0.957. The predicted molar refractivity (Wildman–Crippen MR) is 52.6 cm³/mol. The van der Waals surface area contributed by atoms with Crippen molar-refractivity contribution in [1.82, 2.24) is 9.78 Å². The van der Waals surface area contributed by atoms with E-state index in [4.69, 9.17) is 0 Å². The van der Waals surface area contributed by atoms with Crippen molar-refractivity contribution in [3.05, 3.63) is 11.9 Å². The third kappa shape index (κ3) is 1.98. The summed E-state index contributed by atoms with van der Waals surface area (Å²) in [7, 11) is 3.65. The number of nitrogens with zero attached hydrogens (tertiary/aromatic N) is 2. The molecule has 1 unspecified atom stereocenters. The highest BCUT2D eigenvalue weighted by atomic mass is 31.0. The van der Waals surface area contributed by atoms with Gasteiger partial charge in [-0.05, 0) is 16.3 Å². The van der Waals surface area contributed by atoms with Gasteiger partial charge in [-0.3, -0.25) is 4.68 Å². The summed E-state index contributed by atoms with van der Waals surface area (Å²) in [6.45, 7) is 2.66. The molecule has 0 bridgehead atoms. The molecule has 0 saturated heterocycles. The van der Waals surface area contributed by atoms with Crippen LogP contribution < -0.4 is 5.09 Å². The summed E-state index contributed by atoms with van der Waals surface area (Å²) in [6, 6.07) is 0. The number of aromatic nitrogens is 2. The first-order valence-corrected chi connectivity index (χ1v) is 4.43. The number of esters is 1. The largest absolute Gasteiger partial charge is 0.464 e. The molecule has 13 heavy (non-hydrogen) atoms. The van der Waals surface area contributed by atoms with Gasteiger partial charge in [0.15, 0.2) is 5.69 Å². The minimum Gasteiger partial charge on any atom is -0.464 e. The van der Waals surface area contributed by atoms with Crippen LogP contribution in [-0.4, -0.2) is 22.9 Å². The Bertz CT molecular complexity index is 311. The van der Waals surface area contributed by atoms with E-state index in [-0.39, 0.29) is 0 Å². The maximum Gasteiger partial charge on any atom is 0.360 e. The summed E-state index contributed by atoms with van der Waals surface area (Å²) in [4.78, 5) is 11.2. The van der Waals surface area contributed by atoms with Crippen LogP contribution in [0.1, 0.15) is 17.4 Å². The number of hydrogen-bond donors (Lipinski definition) is 1. The number of hydrogen-bond acceptors (Lipinski definition) is 4. The number of rotatable bonds is 3. The molecule has 1 heterocycles. The van der Waals surface area contributed by atoms with Crippen LogP contribution in [0.25, 0.3) is 0 Å². The SMILES string of the molecule is CCn1cc(NP)c(C(=O)OC)n1. The van der Waals surface area contributed by atoms with Crippen molar-refractivity contribution in [1.29, 1.82) is 0 Å². The first-order chi connectivity index (χ1) is 6.22. The molecule has 5 nitrogen and oxygen atoms in total. The molecule has 0 radical (unpaired) electrons. The fourth-order valence-corrected chi connectivity index (χ4v) is 1.15. The van der Waals surface area contributed by atoms with Crippen LogP contribution >= 0.6 is 9.39 Å². The predicted octanol–water partition coefficient (Wildman–Crippen LogP) is 0.892. The zero-order valence-corrected chi connectivity index (χ0v) is 8.73. The number of nitrogens with one attached hydrogen (secondary N) is 1. The van der Waals surface area contributed by atoms with Crippen molar-refractivity contribution in [3.8, 4) is 0 Å². The lowest BCUT2D eigenvalue weighted by Gasteiger charge is -1.97. The Morgan fingerprint density at radius 2 is 2.54 bits per heavy atom. The Labute approximate surface area is 78.7 Å². The summed E-state index contributed by atoms with van der Waals surface area (Å²) in [5.74, 6) is -0.433. The van der Waals surface area contributed by atoms with E-state index < -0.39 is 5.97 Å². The standard InChI is InChI=1S/C7H12N3O2P/c1-3-10-4-5(9-13)6(8-10)7(11)12-2/h4,9H,3,13H2,1-2H3. The molecule has 6 heteroatoms. The van der Waals surface area contributed by atoms with Crippen molar-refractivity contribution in [3.63, 3.8) is 0 Å². The van der Waals surface area contributed by atoms with Gasteiger partial charge in [-0.1, -0.05) is 0 Å². The van der Waals surface area contributed by atoms with Crippen molar-refractivity contribution >= 4 is 21.0 Å². The highest BCUT2D eigenvalue weighted by Crippen LogP contribution is 2.16. The molecule has 0 aromatic carbocycles. The average Bonchev–Trinajstić information content (AvgIpc) is 2.59. The topological polar surface area (TPSA) is 56.2 Å². The zero-order chi connectivity index (χ0) is 9.84. The minimum atomic E-state index is -0.433. The van der Waals surface area contributed by atoms with Crippen LogP contribution in [0.2, 0.25) is 0 Å².